The molecule has 3 N–H and O–H groups in total. The molecule has 3 nitrogen and oxygen atoms in total. The Labute approximate surface area is 114 Å². The topological polar surface area (TPSA) is 55.1 Å². The molecule has 0 atom stereocenters. The first kappa shape index (κ1) is 16.4. The maximum absolute atomic E-state index is 13.3. The molecule has 0 saturated heterocycles. The molecule has 0 aliphatic rings. The number of anilines is 1. The fourth-order valence-corrected chi connectivity index (χ4v) is 1.58. The van der Waals surface area contributed by atoms with Crippen LogP contribution in [0.4, 0.5) is 10.1 Å². The molecule has 96 valence electrons. The highest BCUT2D eigenvalue weighted by Gasteiger charge is 2.11. The van der Waals surface area contributed by atoms with Gasteiger partial charge in [-0.15, -0.1) is 12.4 Å². The van der Waals surface area contributed by atoms with E-state index in [0.29, 0.717) is 10.0 Å². The molecule has 0 fully saturated rings. The van der Waals surface area contributed by atoms with Crippen LogP contribution < -0.4 is 11.1 Å². The lowest BCUT2D eigenvalue weighted by atomic mass is 10.1. The van der Waals surface area contributed by atoms with E-state index in [1.54, 1.807) is 0 Å². The molecule has 0 aliphatic carbocycles. The molecule has 0 amide bonds. The van der Waals surface area contributed by atoms with Crippen molar-refractivity contribution < 1.29 is 9.18 Å². The number of halogens is 3. The molecule has 0 saturated carbocycles. The summed E-state index contributed by atoms with van der Waals surface area (Å²) in [6.07, 6.45) is 0. The van der Waals surface area contributed by atoms with E-state index >= 15 is 0 Å². The molecule has 0 aromatic heterocycles. The van der Waals surface area contributed by atoms with Crippen LogP contribution in [0.25, 0.3) is 0 Å². The second kappa shape index (κ2) is 6.93. The maximum Gasteiger partial charge on any atom is 0.176 e. The predicted octanol–water partition coefficient (Wildman–Crippen LogP) is 2.77. The summed E-state index contributed by atoms with van der Waals surface area (Å²) in [5.74, 6) is -0.740. The van der Waals surface area contributed by atoms with Crippen LogP contribution in [0.1, 0.15) is 24.2 Å². The Morgan fingerprint density at radius 2 is 2.12 bits per heavy atom. The van der Waals surface area contributed by atoms with Gasteiger partial charge in [-0.1, -0.05) is 13.8 Å². The smallest absolute Gasteiger partial charge is 0.176 e. The van der Waals surface area contributed by atoms with E-state index in [9.17, 15) is 9.18 Å². The Hall–Kier alpha value is -0.650. The van der Waals surface area contributed by atoms with Gasteiger partial charge in [-0.3, -0.25) is 4.79 Å². The Balaban J connectivity index is 0.00000256. The zero-order valence-corrected chi connectivity index (χ0v) is 12.0. The molecule has 0 bridgehead atoms. The van der Waals surface area contributed by atoms with E-state index in [1.165, 1.54) is 6.07 Å². The minimum absolute atomic E-state index is 0. The van der Waals surface area contributed by atoms with Crippen LogP contribution >= 0.6 is 28.3 Å². The number of ketones is 1. The van der Waals surface area contributed by atoms with E-state index in [2.05, 4.69) is 21.2 Å². The van der Waals surface area contributed by atoms with E-state index in [0.717, 1.165) is 6.07 Å². The first-order valence-corrected chi connectivity index (χ1v) is 5.72. The van der Waals surface area contributed by atoms with E-state index in [-0.39, 0.29) is 36.5 Å². The predicted molar refractivity (Wildman–Crippen MR) is 73.2 cm³/mol. The van der Waals surface area contributed by atoms with Gasteiger partial charge in [-0.25, -0.2) is 4.39 Å². The van der Waals surface area contributed by atoms with Crippen molar-refractivity contribution in [2.24, 2.45) is 0 Å². The van der Waals surface area contributed by atoms with Gasteiger partial charge in [-0.05, 0) is 28.1 Å². The zero-order valence-electron chi connectivity index (χ0n) is 9.59. The van der Waals surface area contributed by atoms with Crippen LogP contribution in [-0.2, 0) is 0 Å². The fourth-order valence-electron chi connectivity index (χ4n) is 1.14. The summed E-state index contributed by atoms with van der Waals surface area (Å²) in [6, 6.07) is 2.90. The summed E-state index contributed by atoms with van der Waals surface area (Å²) in [6.45, 7) is 4.06. The van der Waals surface area contributed by atoms with Crippen LogP contribution in [0.15, 0.2) is 16.6 Å². The van der Waals surface area contributed by atoms with Crippen molar-refractivity contribution >= 4 is 39.8 Å². The second-order valence-corrected chi connectivity index (χ2v) is 4.67. The standard InChI is InChI=1S/C11H14BrFN2O.ClH/c1-6(2)15-5-10(16)7-3-8(12)11(14)9(13)4-7;/h3-4,6,15H,5,14H2,1-2H3;1H. The number of nitrogens with one attached hydrogen (secondary N) is 1. The van der Waals surface area contributed by atoms with E-state index in [1.807, 2.05) is 13.8 Å². The third kappa shape index (κ3) is 4.61. The van der Waals surface area contributed by atoms with E-state index < -0.39 is 5.82 Å². The molecule has 0 radical (unpaired) electrons. The number of nitrogens with two attached hydrogens (primary N) is 1. The van der Waals surface area contributed by atoms with Gasteiger partial charge in [0.1, 0.15) is 5.82 Å². The van der Waals surface area contributed by atoms with Crippen LogP contribution in [0, 0.1) is 5.82 Å². The highest BCUT2D eigenvalue weighted by Crippen LogP contribution is 2.24. The van der Waals surface area contributed by atoms with Gasteiger partial charge in [0.2, 0.25) is 0 Å². The number of benzene rings is 1. The SMILES string of the molecule is CC(C)NCC(=O)c1cc(F)c(N)c(Br)c1.Cl. The van der Waals surface area contributed by atoms with E-state index in [4.69, 9.17) is 5.73 Å². The number of hydrogen-bond donors (Lipinski definition) is 2. The van der Waals surface area contributed by atoms with Gasteiger partial charge in [0, 0.05) is 16.1 Å². The summed E-state index contributed by atoms with van der Waals surface area (Å²) in [4.78, 5) is 11.7. The molecular formula is C11H15BrClFN2O. The van der Waals surface area contributed by atoms with Crippen molar-refractivity contribution in [2.45, 2.75) is 19.9 Å². The minimum Gasteiger partial charge on any atom is -0.395 e. The highest BCUT2D eigenvalue weighted by molar-refractivity contribution is 9.10. The molecule has 0 aliphatic heterocycles. The Morgan fingerprint density at radius 1 is 1.53 bits per heavy atom. The maximum atomic E-state index is 13.3. The lowest BCUT2D eigenvalue weighted by molar-refractivity contribution is 0.0988. The molecule has 6 heteroatoms. The minimum atomic E-state index is -0.581. The van der Waals surface area contributed by atoms with Crippen molar-refractivity contribution in [3.05, 3.63) is 28.0 Å². The summed E-state index contributed by atoms with van der Waals surface area (Å²) < 4.78 is 13.7. The third-order valence-electron chi connectivity index (χ3n) is 2.07. The number of nitrogen functional groups attached to an aromatic ring is 1. The van der Waals surface area contributed by atoms with Gasteiger partial charge in [-0.2, -0.15) is 0 Å². The normalized spacial score (nSPS) is 10.2. The number of Topliss-reactive ketones (excluding diaryl/α,β-unsaturated/α-hetero) is 1. The summed E-state index contributed by atoms with van der Waals surface area (Å²) in [7, 11) is 0. The first-order valence-electron chi connectivity index (χ1n) is 4.93. The van der Waals surface area contributed by atoms with Crippen LogP contribution in [0.2, 0.25) is 0 Å². The zero-order chi connectivity index (χ0) is 12.3. The van der Waals surface area contributed by atoms with Gasteiger partial charge in [0.25, 0.3) is 0 Å². The number of carbonyl (C=O) groups is 1. The molecule has 0 heterocycles. The molecule has 0 spiro atoms. The van der Waals surface area contributed by atoms with Crippen molar-refractivity contribution in [3.8, 4) is 0 Å². The summed E-state index contributed by atoms with van der Waals surface area (Å²) in [5.41, 5.74) is 5.76. The van der Waals surface area contributed by atoms with Crippen molar-refractivity contribution in [2.75, 3.05) is 12.3 Å². The number of carbonyl (C=O) groups excluding carboxylic acids is 1. The quantitative estimate of drug-likeness (QED) is 0.661. The highest BCUT2D eigenvalue weighted by atomic mass is 79.9. The van der Waals surface area contributed by atoms with Gasteiger partial charge < -0.3 is 11.1 Å². The molecule has 0 unspecified atom stereocenters. The van der Waals surface area contributed by atoms with Crippen molar-refractivity contribution in [1.82, 2.24) is 5.32 Å². The number of rotatable bonds is 4. The lowest BCUT2D eigenvalue weighted by Crippen LogP contribution is -2.29. The average Bonchev–Trinajstić information content (AvgIpc) is 2.21. The Morgan fingerprint density at radius 3 is 2.59 bits per heavy atom. The van der Waals surface area contributed by atoms with Gasteiger partial charge in [0.15, 0.2) is 5.78 Å². The van der Waals surface area contributed by atoms with Gasteiger partial charge >= 0.3 is 0 Å². The molecule has 1 aromatic carbocycles. The monoisotopic (exact) mass is 324 g/mol. The van der Waals surface area contributed by atoms with Crippen LogP contribution in [0.3, 0.4) is 0 Å². The molecular weight excluding hydrogens is 310 g/mol. The van der Waals surface area contributed by atoms with Crippen LogP contribution in [-0.4, -0.2) is 18.4 Å². The fraction of sp³-hybridized carbons (Fsp3) is 0.364. The number of hydrogen-bond acceptors (Lipinski definition) is 3. The van der Waals surface area contributed by atoms with Crippen molar-refractivity contribution in [1.29, 1.82) is 0 Å². The summed E-state index contributed by atoms with van der Waals surface area (Å²) in [5, 5.41) is 2.98. The molecule has 1 aromatic rings. The summed E-state index contributed by atoms with van der Waals surface area (Å²) >= 11 is 3.11. The largest absolute Gasteiger partial charge is 0.395 e. The van der Waals surface area contributed by atoms with Gasteiger partial charge in [0.05, 0.1) is 12.2 Å². The second-order valence-electron chi connectivity index (χ2n) is 3.81. The van der Waals surface area contributed by atoms with Crippen LogP contribution in [0.5, 0.6) is 0 Å². The Kier molecular flexibility index (Phi) is 6.67. The molecule has 1 rings (SSSR count). The lowest BCUT2D eigenvalue weighted by Gasteiger charge is -2.08. The average molecular weight is 326 g/mol. The third-order valence-corrected chi connectivity index (χ3v) is 2.73. The first-order chi connectivity index (χ1) is 7.41. The van der Waals surface area contributed by atoms with Crippen molar-refractivity contribution in [3.63, 3.8) is 0 Å². The molecule has 17 heavy (non-hydrogen) atoms. The Bertz CT molecular complexity index is 389.